The molecule has 6 nitrogen and oxygen atoms in total. The molecule has 0 saturated heterocycles. The van der Waals surface area contributed by atoms with Gasteiger partial charge in [0.2, 0.25) is 5.88 Å². The van der Waals surface area contributed by atoms with Crippen LogP contribution in [0, 0.1) is 5.82 Å². The summed E-state index contributed by atoms with van der Waals surface area (Å²) >= 11 is 0. The van der Waals surface area contributed by atoms with E-state index in [1.165, 1.54) is 29.3 Å². The highest BCUT2D eigenvalue weighted by Gasteiger charge is 2.04. The Labute approximate surface area is 107 Å². The molecule has 0 fully saturated rings. The lowest BCUT2D eigenvalue weighted by atomic mass is 10.3. The average molecular weight is 257 g/mol. The van der Waals surface area contributed by atoms with E-state index in [1.807, 2.05) is 0 Å². The Morgan fingerprint density at radius 1 is 1.16 bits per heavy atom. The van der Waals surface area contributed by atoms with Crippen molar-refractivity contribution in [1.29, 1.82) is 0 Å². The van der Waals surface area contributed by atoms with E-state index in [0.29, 0.717) is 17.4 Å². The molecule has 3 rings (SSSR count). The quantitative estimate of drug-likeness (QED) is 0.717. The summed E-state index contributed by atoms with van der Waals surface area (Å²) in [4.78, 5) is 7.99. The van der Waals surface area contributed by atoms with Gasteiger partial charge in [0, 0.05) is 12.1 Å². The summed E-state index contributed by atoms with van der Waals surface area (Å²) in [6.07, 6.45) is 4.52. The third kappa shape index (κ3) is 2.54. The maximum Gasteiger partial charge on any atom is 0.224 e. The van der Waals surface area contributed by atoms with Crippen molar-refractivity contribution in [2.24, 2.45) is 0 Å². The molecule has 0 bridgehead atoms. The number of halogens is 1. The highest BCUT2D eigenvalue weighted by Crippen LogP contribution is 2.20. The van der Waals surface area contributed by atoms with Crippen LogP contribution in [0.25, 0.3) is 5.82 Å². The van der Waals surface area contributed by atoms with Gasteiger partial charge in [-0.1, -0.05) is 11.3 Å². The van der Waals surface area contributed by atoms with Crippen molar-refractivity contribution in [3.63, 3.8) is 0 Å². The van der Waals surface area contributed by atoms with Gasteiger partial charge in [0.15, 0.2) is 5.82 Å². The van der Waals surface area contributed by atoms with Crippen molar-refractivity contribution in [2.45, 2.75) is 0 Å². The molecule has 0 aliphatic carbocycles. The molecular weight excluding hydrogens is 249 g/mol. The summed E-state index contributed by atoms with van der Waals surface area (Å²) in [5.74, 6) is 0.802. The molecule has 0 N–H and O–H groups in total. The van der Waals surface area contributed by atoms with Crippen LogP contribution in [0.4, 0.5) is 4.39 Å². The van der Waals surface area contributed by atoms with Crippen LogP contribution >= 0.6 is 0 Å². The van der Waals surface area contributed by atoms with Gasteiger partial charge in [0.1, 0.15) is 17.9 Å². The fraction of sp³-hybridized carbons (Fsp3) is 0. The molecule has 2 heterocycles. The second-order valence-electron chi connectivity index (χ2n) is 3.62. The first-order valence-electron chi connectivity index (χ1n) is 5.43. The molecule has 3 aromatic rings. The summed E-state index contributed by atoms with van der Waals surface area (Å²) in [7, 11) is 0. The molecular formula is C12H8FN5O. The van der Waals surface area contributed by atoms with E-state index in [-0.39, 0.29) is 5.82 Å². The monoisotopic (exact) mass is 257 g/mol. The van der Waals surface area contributed by atoms with E-state index in [0.717, 1.165) is 0 Å². The molecule has 0 aliphatic rings. The topological polar surface area (TPSA) is 65.7 Å². The van der Waals surface area contributed by atoms with Crippen molar-refractivity contribution in [3.05, 3.63) is 54.9 Å². The highest BCUT2D eigenvalue weighted by molar-refractivity contribution is 5.31. The molecule has 94 valence electrons. The van der Waals surface area contributed by atoms with E-state index < -0.39 is 0 Å². The normalized spacial score (nSPS) is 10.4. The van der Waals surface area contributed by atoms with Crippen molar-refractivity contribution in [2.75, 3.05) is 0 Å². The second-order valence-corrected chi connectivity index (χ2v) is 3.62. The van der Waals surface area contributed by atoms with E-state index in [4.69, 9.17) is 4.74 Å². The third-order valence-corrected chi connectivity index (χ3v) is 2.30. The second kappa shape index (κ2) is 4.81. The van der Waals surface area contributed by atoms with Crippen molar-refractivity contribution in [3.8, 4) is 17.4 Å². The number of rotatable bonds is 3. The Morgan fingerprint density at radius 2 is 2.11 bits per heavy atom. The number of hydrogen-bond donors (Lipinski definition) is 0. The molecule has 1 aromatic carbocycles. The van der Waals surface area contributed by atoms with Gasteiger partial charge in [-0.25, -0.2) is 19.0 Å². The molecule has 19 heavy (non-hydrogen) atoms. The minimum Gasteiger partial charge on any atom is -0.439 e. The predicted octanol–water partition coefficient (Wildman–Crippen LogP) is 1.99. The first kappa shape index (κ1) is 11.3. The van der Waals surface area contributed by atoms with Gasteiger partial charge in [0.05, 0.1) is 12.4 Å². The summed E-state index contributed by atoms with van der Waals surface area (Å²) in [6, 6.07) is 7.40. The Bertz CT molecular complexity index is 686. The molecule has 2 aromatic heterocycles. The van der Waals surface area contributed by atoms with Crippen LogP contribution in [0.15, 0.2) is 49.1 Å². The van der Waals surface area contributed by atoms with Gasteiger partial charge in [-0.15, -0.1) is 5.10 Å². The highest BCUT2D eigenvalue weighted by atomic mass is 19.1. The van der Waals surface area contributed by atoms with E-state index in [9.17, 15) is 4.39 Å². The average Bonchev–Trinajstić information content (AvgIpc) is 2.93. The lowest BCUT2D eigenvalue weighted by Crippen LogP contribution is -2.00. The molecule has 0 atom stereocenters. The van der Waals surface area contributed by atoms with E-state index in [1.54, 1.807) is 24.4 Å². The van der Waals surface area contributed by atoms with Crippen LogP contribution in [0.5, 0.6) is 11.6 Å². The SMILES string of the molecule is Fc1cccc(Oc2cc(-n3ccnn3)ncn2)c1. The van der Waals surface area contributed by atoms with Crippen LogP contribution in [0.1, 0.15) is 0 Å². The molecule has 7 heteroatoms. The van der Waals surface area contributed by atoms with Gasteiger partial charge in [-0.2, -0.15) is 0 Å². The summed E-state index contributed by atoms with van der Waals surface area (Å²) in [6.45, 7) is 0. The number of benzene rings is 1. The first-order valence-corrected chi connectivity index (χ1v) is 5.43. The summed E-state index contributed by atoms with van der Waals surface area (Å²) in [5, 5.41) is 7.50. The Balaban J connectivity index is 1.88. The predicted molar refractivity (Wildman–Crippen MR) is 63.4 cm³/mol. The van der Waals surface area contributed by atoms with E-state index >= 15 is 0 Å². The maximum absolute atomic E-state index is 13.0. The van der Waals surface area contributed by atoms with Crippen LogP contribution in [0.3, 0.4) is 0 Å². The first-order chi connectivity index (χ1) is 9.31. The van der Waals surface area contributed by atoms with Gasteiger partial charge >= 0.3 is 0 Å². The van der Waals surface area contributed by atoms with Gasteiger partial charge in [-0.05, 0) is 12.1 Å². The van der Waals surface area contributed by atoms with Crippen LogP contribution < -0.4 is 4.74 Å². The van der Waals surface area contributed by atoms with Gasteiger partial charge in [-0.3, -0.25) is 0 Å². The lowest BCUT2D eigenvalue weighted by Gasteiger charge is -2.05. The van der Waals surface area contributed by atoms with Gasteiger partial charge < -0.3 is 4.74 Å². The third-order valence-electron chi connectivity index (χ3n) is 2.30. The zero-order valence-corrected chi connectivity index (χ0v) is 9.64. The molecule has 0 saturated carbocycles. The number of nitrogens with zero attached hydrogens (tertiary/aromatic N) is 5. The molecule has 0 amide bonds. The fourth-order valence-corrected chi connectivity index (χ4v) is 1.49. The molecule has 0 aliphatic heterocycles. The summed E-state index contributed by atoms with van der Waals surface area (Å²) < 4.78 is 20.0. The van der Waals surface area contributed by atoms with Crippen LogP contribution in [0.2, 0.25) is 0 Å². The lowest BCUT2D eigenvalue weighted by molar-refractivity contribution is 0.456. The largest absolute Gasteiger partial charge is 0.439 e. The van der Waals surface area contributed by atoms with Crippen LogP contribution in [-0.4, -0.2) is 25.0 Å². The fourth-order valence-electron chi connectivity index (χ4n) is 1.49. The maximum atomic E-state index is 13.0. The standard InChI is InChI=1S/C12H8FN5O/c13-9-2-1-3-10(6-9)19-12-7-11(14-8-15-12)18-5-4-16-17-18/h1-8H. The Hall–Kier alpha value is -2.83. The zero-order valence-electron chi connectivity index (χ0n) is 9.64. The van der Waals surface area contributed by atoms with Crippen molar-refractivity contribution in [1.82, 2.24) is 25.0 Å². The number of ether oxygens (including phenoxy) is 1. The minimum absolute atomic E-state index is 0.297. The number of aromatic nitrogens is 5. The summed E-state index contributed by atoms with van der Waals surface area (Å²) in [5.41, 5.74) is 0. The Morgan fingerprint density at radius 3 is 2.89 bits per heavy atom. The van der Waals surface area contributed by atoms with Gasteiger partial charge in [0.25, 0.3) is 0 Å². The number of hydrogen-bond acceptors (Lipinski definition) is 5. The molecule has 0 spiro atoms. The smallest absolute Gasteiger partial charge is 0.224 e. The van der Waals surface area contributed by atoms with Crippen molar-refractivity contribution >= 4 is 0 Å². The molecule has 0 unspecified atom stereocenters. The van der Waals surface area contributed by atoms with E-state index in [2.05, 4.69) is 20.3 Å². The Kier molecular flexibility index (Phi) is 2.85. The minimum atomic E-state index is -0.372. The zero-order chi connectivity index (χ0) is 13.1. The van der Waals surface area contributed by atoms with Crippen LogP contribution in [-0.2, 0) is 0 Å². The van der Waals surface area contributed by atoms with Crippen molar-refractivity contribution < 1.29 is 9.13 Å². The molecule has 0 radical (unpaired) electrons.